The Hall–Kier alpha value is -3.78. The molecule has 1 saturated carbocycles. The summed E-state index contributed by atoms with van der Waals surface area (Å²) < 4.78 is 11.6. The Morgan fingerprint density at radius 1 is 1.00 bits per heavy atom. The van der Waals surface area contributed by atoms with Crippen LogP contribution in [0.3, 0.4) is 0 Å². The van der Waals surface area contributed by atoms with Crippen LogP contribution in [0, 0.1) is 18.3 Å². The Balaban J connectivity index is 1.50. The first-order valence-electron chi connectivity index (χ1n) is 10.4. The van der Waals surface area contributed by atoms with E-state index in [1.807, 2.05) is 30.3 Å². The number of para-hydroxylation sites is 1. The molecule has 0 aliphatic heterocycles. The topological polar surface area (TPSA) is 74.4 Å². The summed E-state index contributed by atoms with van der Waals surface area (Å²) in [6, 6.07) is 18.4. The van der Waals surface area contributed by atoms with Crippen molar-refractivity contribution >= 4 is 5.91 Å². The Bertz CT molecular complexity index is 1090. The number of ether oxygens (including phenoxy) is 2. The maximum atomic E-state index is 12.1. The molecule has 1 aromatic heterocycles. The summed E-state index contributed by atoms with van der Waals surface area (Å²) in [6.45, 7) is 0. The first-order chi connectivity index (χ1) is 15.1. The van der Waals surface area contributed by atoms with E-state index in [4.69, 9.17) is 21.6 Å². The summed E-state index contributed by atoms with van der Waals surface area (Å²) in [5.41, 5.74) is 6.87. The van der Waals surface area contributed by atoms with Crippen molar-refractivity contribution in [2.45, 2.75) is 31.6 Å². The molecule has 1 heterocycles. The third kappa shape index (κ3) is 5.04. The zero-order chi connectivity index (χ0) is 21.6. The number of carbonyl (C=O) groups excluding carboxylic acids is 1. The Morgan fingerprint density at radius 3 is 2.35 bits per heavy atom. The van der Waals surface area contributed by atoms with Crippen LogP contribution < -0.4 is 15.2 Å². The van der Waals surface area contributed by atoms with Crippen LogP contribution in [-0.4, -0.2) is 10.9 Å². The fourth-order valence-electron chi connectivity index (χ4n) is 3.91. The number of benzene rings is 2. The van der Waals surface area contributed by atoms with Gasteiger partial charge in [0, 0.05) is 12.1 Å². The first-order valence-corrected chi connectivity index (χ1v) is 10.4. The van der Waals surface area contributed by atoms with Gasteiger partial charge in [-0.2, -0.15) is 0 Å². The Morgan fingerprint density at radius 2 is 1.68 bits per heavy atom. The Labute approximate surface area is 182 Å². The second-order valence-electron chi connectivity index (χ2n) is 7.70. The number of primary amides is 1. The summed E-state index contributed by atoms with van der Waals surface area (Å²) >= 11 is 0. The van der Waals surface area contributed by atoms with Gasteiger partial charge >= 0.3 is 0 Å². The molecule has 0 saturated heterocycles. The largest absolute Gasteiger partial charge is 0.457 e. The first kappa shape index (κ1) is 20.5. The molecule has 4 rings (SSSR count). The third-order valence-corrected chi connectivity index (χ3v) is 5.54. The van der Waals surface area contributed by atoms with E-state index in [0.717, 1.165) is 37.0 Å². The van der Waals surface area contributed by atoms with Gasteiger partial charge in [-0.25, -0.2) is 4.98 Å². The highest BCUT2D eigenvalue weighted by molar-refractivity contribution is 5.95. The van der Waals surface area contributed by atoms with Gasteiger partial charge in [0.05, 0.1) is 0 Å². The highest BCUT2D eigenvalue weighted by atomic mass is 16.5. The molecule has 1 unspecified atom stereocenters. The summed E-state index contributed by atoms with van der Waals surface area (Å²) in [4.78, 5) is 16.5. The predicted molar refractivity (Wildman–Crippen MR) is 119 cm³/mol. The van der Waals surface area contributed by atoms with E-state index < -0.39 is 5.91 Å². The number of hydrogen-bond donors (Lipinski definition) is 1. The smallest absolute Gasteiger partial charge is 0.254 e. The van der Waals surface area contributed by atoms with Gasteiger partial charge in [-0.05, 0) is 73.2 Å². The van der Waals surface area contributed by atoms with Crippen LogP contribution in [0.1, 0.15) is 47.5 Å². The molecule has 5 heteroatoms. The summed E-state index contributed by atoms with van der Waals surface area (Å²) in [5, 5.41) is 0. The van der Waals surface area contributed by atoms with Crippen LogP contribution in [0.15, 0.2) is 66.9 Å². The number of nitrogens with zero attached hydrogens (tertiary/aromatic N) is 1. The summed E-state index contributed by atoms with van der Waals surface area (Å²) in [5.74, 6) is 4.99. The molecule has 0 spiro atoms. The van der Waals surface area contributed by atoms with E-state index >= 15 is 0 Å². The van der Waals surface area contributed by atoms with Crippen molar-refractivity contribution in [2.75, 3.05) is 0 Å². The van der Waals surface area contributed by atoms with Crippen LogP contribution in [0.2, 0.25) is 0 Å². The number of amides is 1. The zero-order valence-corrected chi connectivity index (χ0v) is 17.2. The lowest BCUT2D eigenvalue weighted by molar-refractivity contribution is 0.0997. The number of nitrogens with two attached hydrogens (primary N) is 1. The van der Waals surface area contributed by atoms with Crippen molar-refractivity contribution in [2.24, 2.45) is 11.7 Å². The van der Waals surface area contributed by atoms with Crippen molar-refractivity contribution in [1.82, 2.24) is 4.98 Å². The van der Waals surface area contributed by atoms with E-state index in [-0.39, 0.29) is 23.3 Å². The molecular formula is C26H24N2O3. The number of pyridine rings is 1. The van der Waals surface area contributed by atoms with Crippen molar-refractivity contribution in [1.29, 1.82) is 0 Å². The van der Waals surface area contributed by atoms with Crippen molar-refractivity contribution in [3.8, 4) is 35.5 Å². The summed E-state index contributed by atoms with van der Waals surface area (Å²) in [7, 11) is 0. The lowest BCUT2D eigenvalue weighted by Gasteiger charge is -2.26. The van der Waals surface area contributed by atoms with E-state index in [9.17, 15) is 4.79 Å². The molecule has 2 N–H and O–H groups in total. The van der Waals surface area contributed by atoms with Crippen LogP contribution in [0.4, 0.5) is 0 Å². The second kappa shape index (κ2) is 9.36. The molecule has 156 valence electrons. The maximum Gasteiger partial charge on any atom is 0.254 e. The minimum absolute atomic E-state index is 0.192. The average molecular weight is 412 g/mol. The molecule has 1 aliphatic carbocycles. The maximum absolute atomic E-state index is 12.1. The van der Waals surface area contributed by atoms with E-state index in [1.165, 1.54) is 0 Å². The third-order valence-electron chi connectivity index (χ3n) is 5.54. The monoisotopic (exact) mass is 412 g/mol. The fourth-order valence-corrected chi connectivity index (χ4v) is 3.91. The Kier molecular flexibility index (Phi) is 6.18. The van der Waals surface area contributed by atoms with Crippen LogP contribution in [0.5, 0.6) is 23.1 Å². The number of hydrogen-bond acceptors (Lipinski definition) is 4. The van der Waals surface area contributed by atoms with Gasteiger partial charge < -0.3 is 15.2 Å². The van der Waals surface area contributed by atoms with Crippen molar-refractivity contribution < 1.29 is 14.3 Å². The molecule has 1 fully saturated rings. The van der Waals surface area contributed by atoms with E-state index in [2.05, 4.69) is 10.9 Å². The SMILES string of the molecule is C#CC1CCC[C@H](c2cnc(Oc3ccc(Oc4ccccc4)cc3)c(C(N)=O)c2)C1. The molecule has 3 aromatic rings. The van der Waals surface area contributed by atoms with Crippen molar-refractivity contribution in [3.05, 3.63) is 78.0 Å². The number of terminal acetylenes is 1. The van der Waals surface area contributed by atoms with Gasteiger partial charge in [-0.1, -0.05) is 24.6 Å². The molecule has 2 atom stereocenters. The standard InChI is InChI=1S/C26H24N2O3/c1-2-18-7-6-8-19(15-18)20-16-24(25(27)29)26(28-17-20)31-23-13-11-22(12-14-23)30-21-9-4-3-5-10-21/h1,3-5,9-14,16-19H,6-8,15H2,(H2,27,29)/t18?,19-/m0/s1. The lowest BCUT2D eigenvalue weighted by Crippen LogP contribution is -2.16. The van der Waals surface area contributed by atoms with E-state index in [0.29, 0.717) is 11.5 Å². The molecule has 31 heavy (non-hydrogen) atoms. The second-order valence-corrected chi connectivity index (χ2v) is 7.70. The highest BCUT2D eigenvalue weighted by Crippen LogP contribution is 2.37. The fraction of sp³-hybridized carbons (Fsp3) is 0.231. The van der Waals surface area contributed by atoms with Crippen LogP contribution >= 0.6 is 0 Å². The minimum atomic E-state index is -0.572. The quantitative estimate of drug-likeness (QED) is 0.529. The lowest BCUT2D eigenvalue weighted by atomic mass is 9.78. The number of rotatable bonds is 6. The summed E-state index contributed by atoms with van der Waals surface area (Å²) in [6.07, 6.45) is 11.4. The number of aromatic nitrogens is 1. The normalized spacial score (nSPS) is 18.0. The van der Waals surface area contributed by atoms with Crippen LogP contribution in [-0.2, 0) is 0 Å². The van der Waals surface area contributed by atoms with Gasteiger partial charge in [0.25, 0.3) is 5.91 Å². The number of carbonyl (C=O) groups is 1. The molecule has 0 bridgehead atoms. The molecular weight excluding hydrogens is 388 g/mol. The van der Waals surface area contributed by atoms with Crippen LogP contribution in [0.25, 0.3) is 0 Å². The molecule has 5 nitrogen and oxygen atoms in total. The highest BCUT2D eigenvalue weighted by Gasteiger charge is 2.24. The predicted octanol–water partition coefficient (Wildman–Crippen LogP) is 5.67. The average Bonchev–Trinajstić information content (AvgIpc) is 2.81. The van der Waals surface area contributed by atoms with Gasteiger partial charge in [-0.15, -0.1) is 12.3 Å². The van der Waals surface area contributed by atoms with Gasteiger partial charge in [0.2, 0.25) is 5.88 Å². The zero-order valence-electron chi connectivity index (χ0n) is 17.2. The van der Waals surface area contributed by atoms with Crippen molar-refractivity contribution in [3.63, 3.8) is 0 Å². The van der Waals surface area contributed by atoms with Gasteiger partial charge in [0.1, 0.15) is 22.8 Å². The minimum Gasteiger partial charge on any atom is -0.457 e. The van der Waals surface area contributed by atoms with Gasteiger partial charge in [-0.3, -0.25) is 4.79 Å². The molecule has 1 aliphatic rings. The molecule has 1 amide bonds. The van der Waals surface area contributed by atoms with Gasteiger partial charge in [0.15, 0.2) is 0 Å². The molecule has 2 aromatic carbocycles. The molecule has 0 radical (unpaired) electrons. The van der Waals surface area contributed by atoms with E-state index in [1.54, 1.807) is 36.5 Å².